The van der Waals surface area contributed by atoms with Crippen molar-refractivity contribution in [2.75, 3.05) is 30.0 Å². The second-order valence-electron chi connectivity index (χ2n) is 7.75. The van der Waals surface area contributed by atoms with Crippen molar-refractivity contribution in [2.24, 2.45) is 0 Å². The normalized spacial score (nSPS) is 15.6. The molecule has 2 amide bonds. The summed E-state index contributed by atoms with van der Waals surface area (Å²) in [6.45, 7) is 4.59. The Morgan fingerprint density at radius 1 is 1.10 bits per heavy atom. The number of fused-ring (bicyclic) bond motifs is 2. The van der Waals surface area contributed by atoms with E-state index < -0.39 is 6.09 Å². The Labute approximate surface area is 175 Å². The Bertz CT molecular complexity index is 939. The van der Waals surface area contributed by atoms with Crippen molar-refractivity contribution in [3.63, 3.8) is 0 Å². The van der Waals surface area contributed by atoms with Gasteiger partial charge in [-0.15, -0.1) is 0 Å². The summed E-state index contributed by atoms with van der Waals surface area (Å²) in [6, 6.07) is 13.5. The summed E-state index contributed by atoms with van der Waals surface area (Å²) in [5, 5.41) is 2.75. The van der Waals surface area contributed by atoms with Gasteiger partial charge in [0.1, 0.15) is 12.7 Å². The van der Waals surface area contributed by atoms with Crippen LogP contribution in [0.1, 0.15) is 25.0 Å². The fourth-order valence-corrected chi connectivity index (χ4v) is 3.59. The zero-order chi connectivity index (χ0) is 21.1. The second-order valence-corrected chi connectivity index (χ2v) is 7.75. The van der Waals surface area contributed by atoms with Crippen LogP contribution in [-0.2, 0) is 31.8 Å². The topological polar surface area (TPSA) is 77.1 Å². The third-order valence-electron chi connectivity index (χ3n) is 5.11. The molecule has 1 N–H and O–H groups in total. The van der Waals surface area contributed by atoms with Crippen LogP contribution in [0.3, 0.4) is 0 Å². The Balaban J connectivity index is 1.65. The molecule has 0 bridgehead atoms. The van der Waals surface area contributed by atoms with Crippen LogP contribution in [0.15, 0.2) is 42.5 Å². The van der Waals surface area contributed by atoms with E-state index in [0.717, 1.165) is 35.3 Å². The van der Waals surface area contributed by atoms with Gasteiger partial charge in [-0.05, 0) is 56.0 Å². The number of anilines is 3. The van der Waals surface area contributed by atoms with Crippen molar-refractivity contribution < 1.29 is 23.8 Å². The lowest BCUT2D eigenvalue weighted by Gasteiger charge is -2.29. The van der Waals surface area contributed by atoms with Gasteiger partial charge in [0.2, 0.25) is 0 Å². The summed E-state index contributed by atoms with van der Waals surface area (Å²) >= 11 is 0. The summed E-state index contributed by atoms with van der Waals surface area (Å²) in [7, 11) is 0. The molecular weight excluding hydrogens is 384 g/mol. The number of nitrogens with one attached hydrogen (secondary N) is 1. The van der Waals surface area contributed by atoms with Gasteiger partial charge in [0, 0.05) is 5.69 Å². The average Bonchev–Trinajstić information content (AvgIpc) is 2.82. The van der Waals surface area contributed by atoms with Crippen LogP contribution in [0, 0.1) is 0 Å². The number of nitrogens with zero attached hydrogens (tertiary/aromatic N) is 1. The standard InChI is InChI=1S/C23H26N2O5/c1-15(2)30-23(27)24-18-10-9-17-8-7-16-5-3-4-6-20(16)25(21(17)11-18)22(26)14-29-19-12-28-13-19/h3-6,9-11,15,19H,7-8,12-14H2,1-2H3,(H,24,27). The highest BCUT2D eigenvalue weighted by Crippen LogP contribution is 2.37. The van der Waals surface area contributed by atoms with Crippen molar-refractivity contribution in [3.8, 4) is 0 Å². The minimum Gasteiger partial charge on any atom is -0.447 e. The fraction of sp³-hybridized carbons (Fsp3) is 0.391. The SMILES string of the molecule is CC(C)OC(=O)Nc1ccc2c(c1)N(C(=O)COC1COC1)c1ccccc1CC2. The van der Waals surface area contributed by atoms with Crippen LogP contribution < -0.4 is 10.2 Å². The minimum absolute atomic E-state index is 0.0329. The molecule has 7 nitrogen and oxygen atoms in total. The van der Waals surface area contributed by atoms with E-state index in [1.807, 2.05) is 42.5 Å². The van der Waals surface area contributed by atoms with E-state index in [-0.39, 0.29) is 24.7 Å². The summed E-state index contributed by atoms with van der Waals surface area (Å²) in [5.74, 6) is -0.153. The number of aryl methyl sites for hydroxylation is 2. The van der Waals surface area contributed by atoms with E-state index in [0.29, 0.717) is 18.9 Å². The van der Waals surface area contributed by atoms with Crippen LogP contribution in [0.25, 0.3) is 0 Å². The number of carbonyl (C=O) groups is 2. The Morgan fingerprint density at radius 3 is 2.53 bits per heavy atom. The lowest BCUT2D eigenvalue weighted by molar-refractivity contribution is -0.146. The fourth-order valence-electron chi connectivity index (χ4n) is 3.59. The van der Waals surface area contributed by atoms with Crippen molar-refractivity contribution in [1.29, 1.82) is 0 Å². The number of para-hydroxylation sites is 1. The van der Waals surface area contributed by atoms with E-state index in [9.17, 15) is 9.59 Å². The number of carbonyl (C=O) groups excluding carboxylic acids is 2. The number of hydrogen-bond donors (Lipinski definition) is 1. The van der Waals surface area contributed by atoms with E-state index in [2.05, 4.69) is 5.32 Å². The Kier molecular flexibility index (Phi) is 6.01. The van der Waals surface area contributed by atoms with Crippen LogP contribution in [0.5, 0.6) is 0 Å². The third kappa shape index (κ3) is 4.47. The minimum atomic E-state index is -0.523. The number of amides is 2. The van der Waals surface area contributed by atoms with Crippen molar-refractivity contribution in [1.82, 2.24) is 0 Å². The molecule has 30 heavy (non-hydrogen) atoms. The first-order valence-electron chi connectivity index (χ1n) is 10.2. The predicted molar refractivity (Wildman–Crippen MR) is 113 cm³/mol. The van der Waals surface area contributed by atoms with Crippen LogP contribution in [-0.4, -0.2) is 44.0 Å². The van der Waals surface area contributed by atoms with E-state index in [1.54, 1.807) is 18.7 Å². The van der Waals surface area contributed by atoms with E-state index >= 15 is 0 Å². The maximum absolute atomic E-state index is 13.2. The molecule has 0 aromatic heterocycles. The molecule has 0 saturated carbocycles. The van der Waals surface area contributed by atoms with Gasteiger partial charge in [-0.25, -0.2) is 4.79 Å². The molecule has 0 atom stereocenters. The smallest absolute Gasteiger partial charge is 0.411 e. The molecule has 1 saturated heterocycles. The molecule has 0 aliphatic carbocycles. The highest BCUT2D eigenvalue weighted by Gasteiger charge is 2.28. The summed E-state index contributed by atoms with van der Waals surface area (Å²) < 4.78 is 16.0. The lowest BCUT2D eigenvalue weighted by atomic mass is 10.0. The van der Waals surface area contributed by atoms with Gasteiger partial charge in [-0.3, -0.25) is 15.0 Å². The largest absolute Gasteiger partial charge is 0.447 e. The first kappa shape index (κ1) is 20.4. The third-order valence-corrected chi connectivity index (χ3v) is 5.11. The maximum Gasteiger partial charge on any atom is 0.411 e. The first-order valence-corrected chi connectivity index (χ1v) is 10.2. The second kappa shape index (κ2) is 8.85. The molecule has 2 heterocycles. The maximum atomic E-state index is 13.2. The number of ether oxygens (including phenoxy) is 3. The molecule has 0 radical (unpaired) electrons. The van der Waals surface area contributed by atoms with Crippen molar-refractivity contribution in [3.05, 3.63) is 53.6 Å². The van der Waals surface area contributed by atoms with Crippen LogP contribution >= 0.6 is 0 Å². The number of benzene rings is 2. The Hall–Kier alpha value is -2.90. The lowest BCUT2D eigenvalue weighted by Crippen LogP contribution is -2.40. The molecule has 1 fully saturated rings. The molecule has 0 unspecified atom stereocenters. The molecular formula is C23H26N2O5. The van der Waals surface area contributed by atoms with Crippen molar-refractivity contribution in [2.45, 2.75) is 38.9 Å². The van der Waals surface area contributed by atoms with Crippen LogP contribution in [0.4, 0.5) is 21.9 Å². The van der Waals surface area contributed by atoms with Crippen LogP contribution in [0.2, 0.25) is 0 Å². The molecule has 2 aliphatic heterocycles. The molecule has 0 spiro atoms. The molecule has 7 heteroatoms. The predicted octanol–water partition coefficient (Wildman–Crippen LogP) is 3.82. The zero-order valence-corrected chi connectivity index (χ0v) is 17.2. The summed E-state index contributed by atoms with van der Waals surface area (Å²) in [5.41, 5.74) is 4.30. The summed E-state index contributed by atoms with van der Waals surface area (Å²) in [4.78, 5) is 27.0. The zero-order valence-electron chi connectivity index (χ0n) is 17.2. The number of hydrogen-bond acceptors (Lipinski definition) is 5. The molecule has 4 rings (SSSR count). The van der Waals surface area contributed by atoms with Gasteiger partial charge in [-0.2, -0.15) is 0 Å². The van der Waals surface area contributed by atoms with E-state index in [4.69, 9.17) is 14.2 Å². The summed E-state index contributed by atoms with van der Waals surface area (Å²) in [6.07, 6.45) is 0.847. The van der Waals surface area contributed by atoms with Gasteiger partial charge in [0.15, 0.2) is 0 Å². The highest BCUT2D eigenvalue weighted by atomic mass is 16.6. The molecule has 2 aromatic carbocycles. The molecule has 2 aliphatic rings. The van der Waals surface area contributed by atoms with E-state index in [1.165, 1.54) is 0 Å². The van der Waals surface area contributed by atoms with Gasteiger partial charge in [-0.1, -0.05) is 24.3 Å². The number of rotatable bonds is 5. The molecule has 158 valence electrons. The first-order chi connectivity index (χ1) is 14.5. The van der Waals surface area contributed by atoms with Gasteiger partial charge >= 0.3 is 6.09 Å². The van der Waals surface area contributed by atoms with Gasteiger partial charge < -0.3 is 14.2 Å². The van der Waals surface area contributed by atoms with Crippen molar-refractivity contribution >= 4 is 29.1 Å². The Morgan fingerprint density at radius 2 is 1.83 bits per heavy atom. The monoisotopic (exact) mass is 410 g/mol. The quantitative estimate of drug-likeness (QED) is 0.811. The molecule has 2 aromatic rings. The van der Waals surface area contributed by atoms with Gasteiger partial charge in [0.25, 0.3) is 5.91 Å². The van der Waals surface area contributed by atoms with Gasteiger partial charge in [0.05, 0.1) is 30.7 Å². The average molecular weight is 410 g/mol. The highest BCUT2D eigenvalue weighted by molar-refractivity contribution is 6.03.